The van der Waals surface area contributed by atoms with Crippen LogP contribution in [0.15, 0.2) is 24.3 Å². The van der Waals surface area contributed by atoms with Gasteiger partial charge in [-0.15, -0.1) is 0 Å². The summed E-state index contributed by atoms with van der Waals surface area (Å²) >= 11 is 0. The van der Waals surface area contributed by atoms with E-state index in [2.05, 4.69) is 5.32 Å². The Hall–Kier alpha value is -2.24. The Labute approximate surface area is 123 Å². The van der Waals surface area contributed by atoms with Crippen molar-refractivity contribution >= 4 is 17.7 Å². The standard InChI is InChI=1S/C15H19NO5/c1-10(2)21-12-6-4-11(5-7-12)16-13(17)15(3)8-19-14(18)20-9-15/h4-7,10H,8-9H2,1-3H3,(H,16,17). The van der Waals surface area contributed by atoms with Crippen molar-refractivity contribution in [3.05, 3.63) is 24.3 Å². The summed E-state index contributed by atoms with van der Waals surface area (Å²) < 4.78 is 15.1. The summed E-state index contributed by atoms with van der Waals surface area (Å²) in [5, 5.41) is 2.78. The molecular formula is C15H19NO5. The van der Waals surface area contributed by atoms with Gasteiger partial charge in [0.05, 0.1) is 6.10 Å². The summed E-state index contributed by atoms with van der Waals surface area (Å²) in [5.74, 6) is 0.483. The Bertz CT molecular complexity index is 513. The first-order chi connectivity index (χ1) is 9.89. The molecule has 1 aromatic carbocycles. The molecule has 0 aromatic heterocycles. The quantitative estimate of drug-likeness (QED) is 0.864. The van der Waals surface area contributed by atoms with E-state index < -0.39 is 11.6 Å². The molecule has 1 fully saturated rings. The molecule has 1 amide bonds. The minimum absolute atomic E-state index is 0.00616. The normalized spacial score (nSPS) is 16.9. The fraction of sp³-hybridized carbons (Fsp3) is 0.467. The lowest BCUT2D eigenvalue weighted by Gasteiger charge is -2.30. The summed E-state index contributed by atoms with van der Waals surface area (Å²) in [6, 6.07) is 7.09. The van der Waals surface area contributed by atoms with Gasteiger partial charge in [0.25, 0.3) is 0 Å². The number of nitrogens with one attached hydrogen (secondary N) is 1. The van der Waals surface area contributed by atoms with Gasteiger partial charge in [-0.1, -0.05) is 0 Å². The maximum absolute atomic E-state index is 12.2. The van der Waals surface area contributed by atoms with E-state index >= 15 is 0 Å². The largest absolute Gasteiger partial charge is 0.508 e. The van der Waals surface area contributed by atoms with E-state index in [0.717, 1.165) is 5.75 Å². The Balaban J connectivity index is 1.97. The molecule has 0 atom stereocenters. The molecule has 0 spiro atoms. The minimum Gasteiger partial charge on any atom is -0.491 e. The van der Waals surface area contributed by atoms with Crippen LogP contribution in [0.25, 0.3) is 0 Å². The van der Waals surface area contributed by atoms with Gasteiger partial charge in [-0.2, -0.15) is 0 Å². The smallest absolute Gasteiger partial charge is 0.491 e. The molecule has 0 radical (unpaired) electrons. The Kier molecular flexibility index (Phi) is 4.35. The van der Waals surface area contributed by atoms with E-state index in [4.69, 9.17) is 14.2 Å². The average Bonchev–Trinajstić information content (AvgIpc) is 2.44. The zero-order valence-corrected chi connectivity index (χ0v) is 12.3. The molecule has 6 heteroatoms. The zero-order chi connectivity index (χ0) is 15.5. The predicted molar refractivity (Wildman–Crippen MR) is 76.2 cm³/mol. The van der Waals surface area contributed by atoms with Crippen molar-refractivity contribution < 1.29 is 23.8 Å². The highest BCUT2D eigenvalue weighted by Crippen LogP contribution is 2.25. The SMILES string of the molecule is CC(C)Oc1ccc(NC(=O)C2(C)COC(=O)OC2)cc1. The van der Waals surface area contributed by atoms with Crippen molar-refractivity contribution in [1.29, 1.82) is 0 Å². The third-order valence-corrected chi connectivity index (χ3v) is 3.05. The second-order valence-corrected chi connectivity index (χ2v) is 5.53. The predicted octanol–water partition coefficient (Wildman–Crippen LogP) is 2.59. The van der Waals surface area contributed by atoms with E-state index in [1.807, 2.05) is 13.8 Å². The number of ether oxygens (including phenoxy) is 3. The van der Waals surface area contributed by atoms with Gasteiger partial charge in [0.15, 0.2) is 0 Å². The minimum atomic E-state index is -0.888. The van der Waals surface area contributed by atoms with Crippen LogP contribution in [0, 0.1) is 5.41 Å². The number of carbonyl (C=O) groups is 2. The molecule has 0 saturated carbocycles. The van der Waals surface area contributed by atoms with Gasteiger partial charge >= 0.3 is 6.16 Å². The maximum Gasteiger partial charge on any atom is 0.508 e. The van der Waals surface area contributed by atoms with Crippen LogP contribution in [0.2, 0.25) is 0 Å². The summed E-state index contributed by atoms with van der Waals surface area (Å²) in [6.07, 6.45) is -0.645. The number of carbonyl (C=O) groups excluding carboxylic acids is 2. The molecule has 1 aliphatic heterocycles. The molecule has 1 heterocycles. The van der Waals surface area contributed by atoms with E-state index in [0.29, 0.717) is 5.69 Å². The van der Waals surface area contributed by atoms with Crippen LogP contribution in [-0.4, -0.2) is 31.4 Å². The van der Waals surface area contributed by atoms with Crippen LogP contribution in [0.5, 0.6) is 5.75 Å². The maximum atomic E-state index is 12.2. The number of amides is 1. The number of hydrogen-bond acceptors (Lipinski definition) is 5. The first-order valence-corrected chi connectivity index (χ1v) is 6.77. The molecular weight excluding hydrogens is 274 g/mol. The van der Waals surface area contributed by atoms with Crippen molar-refractivity contribution in [2.75, 3.05) is 18.5 Å². The van der Waals surface area contributed by atoms with E-state index in [-0.39, 0.29) is 25.2 Å². The topological polar surface area (TPSA) is 73.9 Å². The lowest BCUT2D eigenvalue weighted by atomic mass is 9.91. The van der Waals surface area contributed by atoms with Crippen LogP contribution in [0.1, 0.15) is 20.8 Å². The number of anilines is 1. The summed E-state index contributed by atoms with van der Waals surface area (Å²) in [6.45, 7) is 5.59. The van der Waals surface area contributed by atoms with E-state index in [1.54, 1.807) is 31.2 Å². The van der Waals surface area contributed by atoms with E-state index in [9.17, 15) is 9.59 Å². The number of cyclic esters (lactones) is 2. The summed E-state index contributed by atoms with van der Waals surface area (Å²) in [5.41, 5.74) is -0.240. The van der Waals surface area contributed by atoms with Gasteiger partial charge in [-0.3, -0.25) is 4.79 Å². The third-order valence-electron chi connectivity index (χ3n) is 3.05. The van der Waals surface area contributed by atoms with Gasteiger partial charge in [-0.05, 0) is 45.0 Å². The fourth-order valence-electron chi connectivity index (χ4n) is 1.82. The number of rotatable bonds is 4. The molecule has 0 aliphatic carbocycles. The van der Waals surface area contributed by atoms with Crippen LogP contribution >= 0.6 is 0 Å². The van der Waals surface area contributed by atoms with Gasteiger partial charge in [0, 0.05) is 5.69 Å². The third kappa shape index (κ3) is 3.87. The molecule has 0 bridgehead atoms. The lowest BCUT2D eigenvalue weighted by molar-refractivity contribution is -0.135. The molecule has 1 N–H and O–H groups in total. The second kappa shape index (κ2) is 6.03. The highest BCUT2D eigenvalue weighted by Gasteiger charge is 2.40. The zero-order valence-electron chi connectivity index (χ0n) is 12.3. The van der Waals surface area contributed by atoms with Crippen LogP contribution in [-0.2, 0) is 14.3 Å². The van der Waals surface area contributed by atoms with Crippen molar-refractivity contribution in [3.8, 4) is 5.75 Å². The van der Waals surface area contributed by atoms with Gasteiger partial charge in [0.1, 0.15) is 24.4 Å². The van der Waals surface area contributed by atoms with Crippen LogP contribution in [0.3, 0.4) is 0 Å². The summed E-state index contributed by atoms with van der Waals surface area (Å²) in [4.78, 5) is 23.1. The fourth-order valence-corrected chi connectivity index (χ4v) is 1.82. The first kappa shape index (κ1) is 15.2. The van der Waals surface area contributed by atoms with Crippen molar-refractivity contribution in [2.45, 2.75) is 26.9 Å². The van der Waals surface area contributed by atoms with Crippen molar-refractivity contribution in [1.82, 2.24) is 0 Å². The molecule has 6 nitrogen and oxygen atoms in total. The molecule has 1 aromatic rings. The molecule has 1 saturated heterocycles. The van der Waals surface area contributed by atoms with Crippen LogP contribution in [0.4, 0.5) is 10.5 Å². The van der Waals surface area contributed by atoms with Gasteiger partial charge in [-0.25, -0.2) is 4.79 Å². The first-order valence-electron chi connectivity index (χ1n) is 6.77. The summed E-state index contributed by atoms with van der Waals surface area (Å²) in [7, 11) is 0. The van der Waals surface area contributed by atoms with Crippen molar-refractivity contribution in [3.63, 3.8) is 0 Å². The van der Waals surface area contributed by atoms with Crippen LogP contribution < -0.4 is 10.1 Å². The lowest BCUT2D eigenvalue weighted by Crippen LogP contribution is -2.46. The average molecular weight is 293 g/mol. The highest BCUT2D eigenvalue weighted by atomic mass is 16.7. The molecule has 114 valence electrons. The monoisotopic (exact) mass is 293 g/mol. The highest BCUT2D eigenvalue weighted by molar-refractivity contribution is 5.95. The van der Waals surface area contributed by atoms with Gasteiger partial charge < -0.3 is 19.5 Å². The Morgan fingerprint density at radius 3 is 2.33 bits per heavy atom. The van der Waals surface area contributed by atoms with Crippen molar-refractivity contribution in [2.24, 2.45) is 5.41 Å². The number of benzene rings is 1. The number of hydrogen-bond donors (Lipinski definition) is 1. The van der Waals surface area contributed by atoms with Gasteiger partial charge in [0.2, 0.25) is 5.91 Å². The van der Waals surface area contributed by atoms with E-state index in [1.165, 1.54) is 0 Å². The molecule has 0 unspecified atom stereocenters. The Morgan fingerprint density at radius 2 is 1.81 bits per heavy atom. The molecule has 2 rings (SSSR count). The second-order valence-electron chi connectivity index (χ2n) is 5.53. The molecule has 1 aliphatic rings. The molecule has 21 heavy (non-hydrogen) atoms. The Morgan fingerprint density at radius 1 is 1.24 bits per heavy atom.